The number of nitrogen functional groups attached to an aromatic ring is 1. The lowest BCUT2D eigenvalue weighted by molar-refractivity contribution is 0.0527. The SMILES string of the molecule is CCOC(=O)c1cc(NC(C)Cc2ccsc2)ccc1N. The minimum atomic E-state index is -0.385. The van der Waals surface area contributed by atoms with E-state index in [2.05, 4.69) is 29.1 Å². The van der Waals surface area contributed by atoms with Crippen molar-refractivity contribution < 1.29 is 9.53 Å². The Morgan fingerprint density at radius 1 is 1.43 bits per heavy atom. The molecule has 0 saturated heterocycles. The molecule has 4 nitrogen and oxygen atoms in total. The number of carbonyl (C=O) groups excluding carboxylic acids is 1. The molecule has 0 bridgehead atoms. The van der Waals surface area contributed by atoms with E-state index >= 15 is 0 Å². The number of nitrogens with two attached hydrogens (primary N) is 1. The molecule has 0 aliphatic carbocycles. The van der Waals surface area contributed by atoms with E-state index in [1.54, 1.807) is 30.4 Å². The van der Waals surface area contributed by atoms with Crippen LogP contribution in [0.4, 0.5) is 11.4 Å². The van der Waals surface area contributed by atoms with Gasteiger partial charge in [-0.25, -0.2) is 4.79 Å². The molecule has 0 aliphatic rings. The fourth-order valence-electron chi connectivity index (χ4n) is 2.13. The first kappa shape index (κ1) is 15.4. The van der Waals surface area contributed by atoms with Crippen molar-refractivity contribution in [1.82, 2.24) is 0 Å². The maximum atomic E-state index is 11.8. The average molecular weight is 304 g/mol. The minimum Gasteiger partial charge on any atom is -0.462 e. The van der Waals surface area contributed by atoms with Gasteiger partial charge in [0, 0.05) is 17.4 Å². The standard InChI is InChI=1S/C16H20N2O2S/c1-3-20-16(19)14-9-13(4-5-15(14)17)18-11(2)8-12-6-7-21-10-12/h4-7,9-11,18H,3,8,17H2,1-2H3. The van der Waals surface area contributed by atoms with Crippen LogP contribution in [0, 0.1) is 0 Å². The molecule has 0 fully saturated rings. The molecule has 1 aromatic carbocycles. The van der Waals surface area contributed by atoms with Crippen LogP contribution >= 0.6 is 11.3 Å². The Kier molecular flexibility index (Phi) is 5.22. The van der Waals surface area contributed by atoms with Crippen LogP contribution in [0.1, 0.15) is 29.8 Å². The van der Waals surface area contributed by atoms with E-state index in [0.29, 0.717) is 17.9 Å². The van der Waals surface area contributed by atoms with Crippen molar-refractivity contribution in [2.75, 3.05) is 17.7 Å². The highest BCUT2D eigenvalue weighted by Crippen LogP contribution is 2.20. The predicted octanol–water partition coefficient (Wildman–Crippen LogP) is 3.55. The zero-order valence-electron chi connectivity index (χ0n) is 12.3. The summed E-state index contributed by atoms with van der Waals surface area (Å²) in [6.07, 6.45) is 0.933. The Bertz CT molecular complexity index is 596. The first-order valence-corrected chi connectivity index (χ1v) is 7.88. The molecule has 3 N–H and O–H groups in total. The highest BCUT2D eigenvalue weighted by molar-refractivity contribution is 7.07. The normalized spacial score (nSPS) is 11.9. The lowest BCUT2D eigenvalue weighted by Gasteiger charge is -2.16. The summed E-state index contributed by atoms with van der Waals surface area (Å²) < 4.78 is 5.01. The van der Waals surface area contributed by atoms with Gasteiger partial charge in [0.1, 0.15) is 0 Å². The Balaban J connectivity index is 2.06. The number of thiophene rings is 1. The van der Waals surface area contributed by atoms with Gasteiger partial charge in [-0.1, -0.05) is 0 Å². The van der Waals surface area contributed by atoms with Gasteiger partial charge in [0.15, 0.2) is 0 Å². The minimum absolute atomic E-state index is 0.262. The van der Waals surface area contributed by atoms with E-state index in [0.717, 1.165) is 12.1 Å². The number of rotatable bonds is 6. The molecule has 0 aliphatic heterocycles. The van der Waals surface area contributed by atoms with Gasteiger partial charge in [0.05, 0.1) is 12.2 Å². The number of benzene rings is 1. The summed E-state index contributed by atoms with van der Waals surface area (Å²) in [7, 11) is 0. The second-order valence-corrected chi connectivity index (χ2v) is 5.68. The van der Waals surface area contributed by atoms with Crippen LogP contribution in [-0.2, 0) is 11.2 Å². The molecule has 112 valence electrons. The maximum absolute atomic E-state index is 11.8. The monoisotopic (exact) mass is 304 g/mol. The smallest absolute Gasteiger partial charge is 0.340 e. The fourth-order valence-corrected chi connectivity index (χ4v) is 2.81. The molecule has 1 unspecified atom stereocenters. The van der Waals surface area contributed by atoms with E-state index in [4.69, 9.17) is 10.5 Å². The number of carbonyl (C=O) groups is 1. The largest absolute Gasteiger partial charge is 0.462 e. The number of nitrogens with one attached hydrogen (secondary N) is 1. The van der Waals surface area contributed by atoms with Crippen molar-refractivity contribution in [2.24, 2.45) is 0 Å². The molecule has 5 heteroatoms. The first-order valence-electron chi connectivity index (χ1n) is 6.94. The lowest BCUT2D eigenvalue weighted by atomic mass is 10.1. The quantitative estimate of drug-likeness (QED) is 0.633. The molecule has 0 amide bonds. The third kappa shape index (κ3) is 4.23. The van der Waals surface area contributed by atoms with Crippen LogP contribution in [0.15, 0.2) is 35.0 Å². The van der Waals surface area contributed by atoms with Gasteiger partial charge < -0.3 is 15.8 Å². The van der Waals surface area contributed by atoms with Crippen molar-refractivity contribution in [2.45, 2.75) is 26.3 Å². The topological polar surface area (TPSA) is 64.3 Å². The molecule has 2 aromatic rings. The number of ether oxygens (including phenoxy) is 1. The summed E-state index contributed by atoms with van der Waals surface area (Å²) in [5, 5.41) is 7.60. The molecule has 0 spiro atoms. The number of anilines is 2. The molecule has 1 heterocycles. The van der Waals surface area contributed by atoms with E-state index in [1.165, 1.54) is 5.56 Å². The van der Waals surface area contributed by atoms with Gasteiger partial charge in [-0.2, -0.15) is 11.3 Å². The molecule has 21 heavy (non-hydrogen) atoms. The first-order chi connectivity index (χ1) is 10.1. The van der Waals surface area contributed by atoms with Gasteiger partial charge in [-0.05, 0) is 60.9 Å². The Labute approximate surface area is 128 Å². The Morgan fingerprint density at radius 3 is 2.90 bits per heavy atom. The zero-order chi connectivity index (χ0) is 15.2. The predicted molar refractivity (Wildman–Crippen MR) is 87.9 cm³/mol. The fraction of sp³-hybridized carbons (Fsp3) is 0.312. The highest BCUT2D eigenvalue weighted by atomic mass is 32.1. The number of hydrogen-bond donors (Lipinski definition) is 2. The summed E-state index contributed by atoms with van der Waals surface area (Å²) in [6.45, 7) is 4.22. The summed E-state index contributed by atoms with van der Waals surface area (Å²) in [4.78, 5) is 11.8. The molecule has 1 aromatic heterocycles. The number of esters is 1. The van der Waals surface area contributed by atoms with Crippen LogP contribution < -0.4 is 11.1 Å². The molecule has 2 rings (SSSR count). The van der Waals surface area contributed by atoms with E-state index in [9.17, 15) is 4.79 Å². The maximum Gasteiger partial charge on any atom is 0.340 e. The third-order valence-corrected chi connectivity index (χ3v) is 3.82. The summed E-state index contributed by atoms with van der Waals surface area (Å²) in [5.74, 6) is -0.385. The van der Waals surface area contributed by atoms with Crippen molar-refractivity contribution >= 4 is 28.7 Å². The van der Waals surface area contributed by atoms with Crippen LogP contribution in [0.3, 0.4) is 0 Å². The number of hydrogen-bond acceptors (Lipinski definition) is 5. The average Bonchev–Trinajstić information content (AvgIpc) is 2.94. The van der Waals surface area contributed by atoms with Crippen LogP contribution in [0.2, 0.25) is 0 Å². The summed E-state index contributed by atoms with van der Waals surface area (Å²) in [6, 6.07) is 7.74. The lowest BCUT2D eigenvalue weighted by Crippen LogP contribution is -2.18. The van der Waals surface area contributed by atoms with Gasteiger partial charge in [-0.15, -0.1) is 0 Å². The summed E-state index contributed by atoms with van der Waals surface area (Å²) in [5.41, 5.74) is 8.85. The van der Waals surface area contributed by atoms with Gasteiger partial charge in [-0.3, -0.25) is 0 Å². The van der Waals surface area contributed by atoms with Crippen molar-refractivity contribution in [3.8, 4) is 0 Å². The van der Waals surface area contributed by atoms with Crippen LogP contribution in [0.25, 0.3) is 0 Å². The van der Waals surface area contributed by atoms with Crippen molar-refractivity contribution in [3.63, 3.8) is 0 Å². The summed E-state index contributed by atoms with van der Waals surface area (Å²) >= 11 is 1.70. The zero-order valence-corrected chi connectivity index (χ0v) is 13.1. The second kappa shape index (κ2) is 7.13. The van der Waals surface area contributed by atoms with Crippen LogP contribution in [-0.4, -0.2) is 18.6 Å². The Morgan fingerprint density at radius 2 is 2.24 bits per heavy atom. The Hall–Kier alpha value is -2.01. The van der Waals surface area contributed by atoms with Crippen LogP contribution in [0.5, 0.6) is 0 Å². The van der Waals surface area contributed by atoms with Crippen molar-refractivity contribution in [1.29, 1.82) is 0 Å². The van der Waals surface area contributed by atoms with Crippen molar-refractivity contribution in [3.05, 3.63) is 46.2 Å². The third-order valence-electron chi connectivity index (χ3n) is 3.08. The molecule has 1 atom stereocenters. The second-order valence-electron chi connectivity index (χ2n) is 4.90. The van der Waals surface area contributed by atoms with E-state index in [1.807, 2.05) is 6.07 Å². The van der Waals surface area contributed by atoms with Gasteiger partial charge >= 0.3 is 5.97 Å². The van der Waals surface area contributed by atoms with E-state index < -0.39 is 0 Å². The molecular weight excluding hydrogens is 284 g/mol. The molecule has 0 radical (unpaired) electrons. The van der Waals surface area contributed by atoms with Gasteiger partial charge in [0.2, 0.25) is 0 Å². The van der Waals surface area contributed by atoms with E-state index in [-0.39, 0.29) is 12.0 Å². The molecule has 0 saturated carbocycles. The highest BCUT2D eigenvalue weighted by Gasteiger charge is 2.12. The van der Waals surface area contributed by atoms with Gasteiger partial charge in [0.25, 0.3) is 0 Å². The molecular formula is C16H20N2O2S.